The van der Waals surface area contributed by atoms with Crippen LogP contribution in [0.5, 0.6) is 0 Å². The summed E-state index contributed by atoms with van der Waals surface area (Å²) >= 11 is 1.43. The molecule has 1 heterocycles. The van der Waals surface area contributed by atoms with Gasteiger partial charge in [-0.15, -0.1) is 0 Å². The number of amides is 1. The number of carbonyl (C=O) groups is 1. The van der Waals surface area contributed by atoms with Gasteiger partial charge in [0.25, 0.3) is 0 Å². The summed E-state index contributed by atoms with van der Waals surface area (Å²) < 4.78 is 5.18. The molecule has 0 saturated carbocycles. The first kappa shape index (κ1) is 10.3. The average Bonchev–Trinajstić information content (AvgIpc) is 2.48. The molecule has 1 fully saturated rings. The van der Waals surface area contributed by atoms with Gasteiger partial charge in [0.1, 0.15) is 11.1 Å². The van der Waals surface area contributed by atoms with Crippen molar-refractivity contribution in [1.82, 2.24) is 5.32 Å². The molecule has 74 valence electrons. The maximum absolute atomic E-state index is 10.8. The number of hydrogen-bond donors (Lipinski definition) is 1. The molecule has 0 aromatic carbocycles. The van der Waals surface area contributed by atoms with Crippen LogP contribution in [0.2, 0.25) is 0 Å². The summed E-state index contributed by atoms with van der Waals surface area (Å²) in [4.78, 5) is 15.4. The van der Waals surface area contributed by atoms with Crippen LogP contribution in [0.1, 0.15) is 13.8 Å². The van der Waals surface area contributed by atoms with E-state index < -0.39 is 6.09 Å². The Morgan fingerprint density at radius 3 is 3.23 bits per heavy atom. The lowest BCUT2D eigenvalue weighted by Gasteiger charge is -2.01. The second-order valence-corrected chi connectivity index (χ2v) is 3.35. The Labute approximate surface area is 80.8 Å². The number of hydrogen-bond acceptors (Lipinski definition) is 5. The van der Waals surface area contributed by atoms with Gasteiger partial charge >= 0.3 is 6.09 Å². The smallest absolute Gasteiger partial charge is 0.361 e. The molecule has 1 unspecified atom stereocenters. The molecule has 0 spiro atoms. The van der Waals surface area contributed by atoms with Crippen LogP contribution in [0, 0.1) is 0 Å². The molecule has 6 heteroatoms. The van der Waals surface area contributed by atoms with Gasteiger partial charge in [-0.3, -0.25) is 4.84 Å². The van der Waals surface area contributed by atoms with Crippen LogP contribution >= 0.6 is 11.8 Å². The lowest BCUT2D eigenvalue weighted by molar-refractivity contribution is 0.144. The molecule has 0 radical (unpaired) electrons. The van der Waals surface area contributed by atoms with E-state index in [9.17, 15) is 4.79 Å². The molecule has 0 aromatic heterocycles. The molecule has 13 heavy (non-hydrogen) atoms. The van der Waals surface area contributed by atoms with Crippen LogP contribution in [-0.2, 0) is 9.57 Å². The SMILES string of the molecule is CCNC(=O)O/N=C1\SCOC1C. The fraction of sp³-hybridized carbons (Fsp3) is 0.714. The largest absolute Gasteiger partial charge is 0.433 e. The summed E-state index contributed by atoms with van der Waals surface area (Å²) in [6, 6.07) is 0. The van der Waals surface area contributed by atoms with Gasteiger partial charge in [0, 0.05) is 6.54 Å². The summed E-state index contributed by atoms with van der Waals surface area (Å²) in [7, 11) is 0. The highest BCUT2D eigenvalue weighted by Gasteiger charge is 2.20. The first-order chi connectivity index (χ1) is 6.24. The highest BCUT2D eigenvalue weighted by Crippen LogP contribution is 2.19. The van der Waals surface area contributed by atoms with E-state index in [1.54, 1.807) is 0 Å². The minimum absolute atomic E-state index is 0.0700. The van der Waals surface area contributed by atoms with Gasteiger partial charge in [-0.2, -0.15) is 0 Å². The van der Waals surface area contributed by atoms with Gasteiger partial charge in [-0.1, -0.05) is 16.9 Å². The summed E-state index contributed by atoms with van der Waals surface area (Å²) in [6.45, 7) is 4.20. The molecule has 1 saturated heterocycles. The third-order valence-electron chi connectivity index (χ3n) is 1.41. The zero-order chi connectivity index (χ0) is 9.68. The van der Waals surface area contributed by atoms with E-state index in [1.807, 2.05) is 13.8 Å². The van der Waals surface area contributed by atoms with Crippen molar-refractivity contribution < 1.29 is 14.4 Å². The molecule has 0 aliphatic carbocycles. The van der Waals surface area contributed by atoms with Gasteiger partial charge in [-0.25, -0.2) is 4.79 Å². The van der Waals surface area contributed by atoms with Crippen LogP contribution < -0.4 is 5.32 Å². The van der Waals surface area contributed by atoms with E-state index in [4.69, 9.17) is 4.74 Å². The Bertz CT molecular complexity index is 220. The standard InChI is InChI=1S/C7H12N2O3S/c1-3-8-7(10)12-9-6-5(2)11-4-13-6/h5H,3-4H2,1-2H3,(H,8,10)/b9-6-. The molecular formula is C7H12N2O3S. The Balaban J connectivity index is 2.34. The van der Waals surface area contributed by atoms with Crippen LogP contribution in [-0.4, -0.2) is 29.7 Å². The van der Waals surface area contributed by atoms with E-state index in [2.05, 4.69) is 15.3 Å². The fourth-order valence-corrected chi connectivity index (χ4v) is 1.53. The average molecular weight is 204 g/mol. The molecule has 1 atom stereocenters. The topological polar surface area (TPSA) is 59.9 Å². The molecule has 1 N–H and O–H groups in total. The Morgan fingerprint density at radius 1 is 1.92 bits per heavy atom. The first-order valence-corrected chi connectivity index (χ1v) is 4.99. The lowest BCUT2D eigenvalue weighted by Crippen LogP contribution is -2.22. The number of oxime groups is 1. The zero-order valence-electron chi connectivity index (χ0n) is 7.57. The normalized spacial score (nSPS) is 24.8. The molecule has 1 rings (SSSR count). The number of nitrogens with zero attached hydrogens (tertiary/aromatic N) is 1. The van der Waals surface area contributed by atoms with Crippen LogP contribution in [0.3, 0.4) is 0 Å². The highest BCUT2D eigenvalue weighted by molar-refractivity contribution is 8.14. The number of nitrogens with one attached hydrogen (secondary N) is 1. The fourth-order valence-electron chi connectivity index (χ4n) is 0.749. The highest BCUT2D eigenvalue weighted by atomic mass is 32.2. The molecular weight excluding hydrogens is 192 g/mol. The minimum atomic E-state index is -0.533. The molecule has 1 aliphatic rings. The van der Waals surface area contributed by atoms with Gasteiger partial charge in [0.15, 0.2) is 0 Å². The molecule has 0 aromatic rings. The Kier molecular flexibility index (Phi) is 4.04. The minimum Gasteiger partial charge on any atom is -0.361 e. The van der Waals surface area contributed by atoms with Crippen molar-refractivity contribution in [3.63, 3.8) is 0 Å². The molecule has 0 bridgehead atoms. The van der Waals surface area contributed by atoms with Crippen molar-refractivity contribution in [2.24, 2.45) is 5.16 Å². The van der Waals surface area contributed by atoms with Gasteiger partial charge in [-0.05, 0) is 13.8 Å². The maximum atomic E-state index is 10.8. The van der Waals surface area contributed by atoms with Crippen molar-refractivity contribution in [2.75, 3.05) is 12.5 Å². The third-order valence-corrected chi connectivity index (χ3v) is 2.37. The van der Waals surface area contributed by atoms with Crippen LogP contribution in [0.25, 0.3) is 0 Å². The van der Waals surface area contributed by atoms with E-state index in [1.165, 1.54) is 11.8 Å². The predicted octanol–water partition coefficient (Wildman–Crippen LogP) is 1.16. The number of thioether (sulfide) groups is 1. The lowest BCUT2D eigenvalue weighted by atomic mass is 10.4. The predicted molar refractivity (Wildman–Crippen MR) is 50.6 cm³/mol. The van der Waals surface area contributed by atoms with Crippen molar-refractivity contribution in [3.8, 4) is 0 Å². The Morgan fingerprint density at radius 2 is 2.69 bits per heavy atom. The molecule has 5 nitrogen and oxygen atoms in total. The summed E-state index contributed by atoms with van der Waals surface area (Å²) in [6.07, 6.45) is -0.603. The summed E-state index contributed by atoms with van der Waals surface area (Å²) in [5.74, 6) is 0.568. The van der Waals surface area contributed by atoms with Crippen molar-refractivity contribution in [3.05, 3.63) is 0 Å². The van der Waals surface area contributed by atoms with Crippen molar-refractivity contribution in [2.45, 2.75) is 20.0 Å². The first-order valence-electron chi connectivity index (χ1n) is 4.01. The van der Waals surface area contributed by atoms with Crippen LogP contribution in [0.4, 0.5) is 4.79 Å². The van der Waals surface area contributed by atoms with E-state index in [-0.39, 0.29) is 6.10 Å². The van der Waals surface area contributed by atoms with Gasteiger partial charge < -0.3 is 10.1 Å². The summed E-state index contributed by atoms with van der Waals surface area (Å²) in [5.41, 5.74) is 0. The van der Waals surface area contributed by atoms with Crippen molar-refractivity contribution in [1.29, 1.82) is 0 Å². The Hall–Kier alpha value is -0.750. The van der Waals surface area contributed by atoms with E-state index in [0.29, 0.717) is 17.5 Å². The van der Waals surface area contributed by atoms with Gasteiger partial charge in [0.2, 0.25) is 0 Å². The number of carbonyl (C=O) groups excluding carboxylic acids is 1. The quantitative estimate of drug-likeness (QED) is 0.541. The third kappa shape index (κ3) is 3.23. The summed E-state index contributed by atoms with van der Waals surface area (Å²) in [5, 5.41) is 6.83. The van der Waals surface area contributed by atoms with E-state index >= 15 is 0 Å². The van der Waals surface area contributed by atoms with Crippen molar-refractivity contribution >= 4 is 22.9 Å². The second kappa shape index (κ2) is 5.08. The molecule has 1 amide bonds. The van der Waals surface area contributed by atoms with E-state index in [0.717, 1.165) is 0 Å². The number of rotatable bonds is 2. The number of ether oxygens (including phenoxy) is 1. The zero-order valence-corrected chi connectivity index (χ0v) is 8.39. The second-order valence-electron chi connectivity index (χ2n) is 2.41. The molecule has 1 aliphatic heterocycles. The van der Waals surface area contributed by atoms with Gasteiger partial charge in [0.05, 0.1) is 5.94 Å². The van der Waals surface area contributed by atoms with Crippen LogP contribution in [0.15, 0.2) is 5.16 Å². The monoisotopic (exact) mass is 204 g/mol. The maximum Gasteiger partial charge on any atom is 0.433 e.